The predicted molar refractivity (Wildman–Crippen MR) is 91.8 cm³/mol. The standard InChI is InChI=1S/C17H24N4O.ClH/c22-16(15-13-11-18-9-5-14(13)19-20-15)21-10-4-8-17(12-21)6-2-1-3-7-17;/h1-2,18H,3-12H2,(H,19,20);1H. The minimum atomic E-state index is 0. The largest absolute Gasteiger partial charge is 0.337 e. The highest BCUT2D eigenvalue weighted by atomic mass is 35.5. The first-order valence-electron chi connectivity index (χ1n) is 8.49. The summed E-state index contributed by atoms with van der Waals surface area (Å²) in [6, 6.07) is 0. The van der Waals surface area contributed by atoms with Crippen LogP contribution in [0.3, 0.4) is 0 Å². The van der Waals surface area contributed by atoms with Crippen LogP contribution in [0.25, 0.3) is 0 Å². The van der Waals surface area contributed by atoms with Crippen molar-refractivity contribution in [1.82, 2.24) is 20.4 Å². The number of carbonyl (C=O) groups is 1. The highest BCUT2D eigenvalue weighted by molar-refractivity contribution is 5.94. The van der Waals surface area contributed by atoms with Gasteiger partial charge >= 0.3 is 0 Å². The number of hydrogen-bond acceptors (Lipinski definition) is 3. The van der Waals surface area contributed by atoms with E-state index >= 15 is 0 Å². The third-order valence-corrected chi connectivity index (χ3v) is 5.52. The lowest BCUT2D eigenvalue weighted by molar-refractivity contribution is 0.0478. The van der Waals surface area contributed by atoms with E-state index in [1.165, 1.54) is 12.8 Å². The lowest BCUT2D eigenvalue weighted by Gasteiger charge is -2.43. The molecule has 1 amide bonds. The number of fused-ring (bicyclic) bond motifs is 1. The fraction of sp³-hybridized carbons (Fsp3) is 0.647. The van der Waals surface area contributed by atoms with Gasteiger partial charge < -0.3 is 10.2 Å². The Labute approximate surface area is 143 Å². The Morgan fingerprint density at radius 3 is 3.04 bits per heavy atom. The van der Waals surface area contributed by atoms with E-state index in [4.69, 9.17) is 0 Å². The molecule has 4 rings (SSSR count). The Kier molecular flexibility index (Phi) is 4.78. The van der Waals surface area contributed by atoms with E-state index in [0.717, 1.165) is 63.1 Å². The van der Waals surface area contributed by atoms with E-state index in [1.807, 2.05) is 4.90 Å². The second-order valence-corrected chi connectivity index (χ2v) is 7.00. The molecular weight excluding hydrogens is 312 g/mol. The molecule has 1 saturated heterocycles. The van der Waals surface area contributed by atoms with Crippen molar-refractivity contribution in [2.45, 2.75) is 45.1 Å². The average molecular weight is 337 g/mol. The lowest BCUT2D eigenvalue weighted by atomic mass is 9.71. The maximum Gasteiger partial charge on any atom is 0.274 e. The van der Waals surface area contributed by atoms with Crippen molar-refractivity contribution < 1.29 is 4.79 Å². The van der Waals surface area contributed by atoms with Gasteiger partial charge in [0.15, 0.2) is 5.69 Å². The monoisotopic (exact) mass is 336 g/mol. The number of rotatable bonds is 1. The van der Waals surface area contributed by atoms with Crippen LogP contribution in [0.5, 0.6) is 0 Å². The molecule has 1 unspecified atom stereocenters. The first-order valence-corrected chi connectivity index (χ1v) is 8.49. The fourth-order valence-corrected chi connectivity index (χ4v) is 4.25. The third kappa shape index (κ3) is 3.04. The van der Waals surface area contributed by atoms with E-state index in [0.29, 0.717) is 11.1 Å². The number of H-pyrrole nitrogens is 1. The summed E-state index contributed by atoms with van der Waals surface area (Å²) in [6.07, 6.45) is 11.4. The number of halogens is 1. The molecule has 0 saturated carbocycles. The van der Waals surface area contributed by atoms with Gasteiger partial charge in [-0.1, -0.05) is 12.2 Å². The number of amides is 1. The molecule has 1 aliphatic carbocycles. The molecule has 1 aromatic heterocycles. The maximum absolute atomic E-state index is 13.0. The van der Waals surface area contributed by atoms with Crippen molar-refractivity contribution in [2.75, 3.05) is 19.6 Å². The van der Waals surface area contributed by atoms with E-state index in [1.54, 1.807) is 0 Å². The van der Waals surface area contributed by atoms with Crippen molar-refractivity contribution in [3.05, 3.63) is 29.1 Å². The molecule has 2 aliphatic heterocycles. The van der Waals surface area contributed by atoms with E-state index in [2.05, 4.69) is 27.7 Å². The van der Waals surface area contributed by atoms with Gasteiger partial charge in [0.1, 0.15) is 0 Å². The van der Waals surface area contributed by atoms with Crippen LogP contribution in [0.1, 0.15) is 53.8 Å². The Bertz CT molecular complexity index is 612. The van der Waals surface area contributed by atoms with Crippen LogP contribution in [0, 0.1) is 5.41 Å². The zero-order valence-electron chi connectivity index (χ0n) is 13.4. The quantitative estimate of drug-likeness (QED) is 0.774. The van der Waals surface area contributed by atoms with E-state index < -0.39 is 0 Å². The summed E-state index contributed by atoms with van der Waals surface area (Å²) in [6.45, 7) is 3.49. The van der Waals surface area contributed by atoms with E-state index in [9.17, 15) is 4.79 Å². The number of nitrogens with zero attached hydrogens (tertiary/aromatic N) is 2. The smallest absolute Gasteiger partial charge is 0.274 e. The maximum atomic E-state index is 13.0. The molecule has 1 atom stereocenters. The predicted octanol–water partition coefficient (Wildman–Crippen LogP) is 2.44. The first-order chi connectivity index (χ1) is 10.8. The number of aromatic nitrogens is 2. The van der Waals surface area contributed by atoms with Gasteiger partial charge in [0.05, 0.1) is 0 Å². The Balaban J connectivity index is 0.00000156. The topological polar surface area (TPSA) is 61.0 Å². The van der Waals surface area contributed by atoms with Crippen molar-refractivity contribution in [3.63, 3.8) is 0 Å². The van der Waals surface area contributed by atoms with Gasteiger partial charge in [0, 0.05) is 43.9 Å². The molecule has 6 heteroatoms. The summed E-state index contributed by atoms with van der Waals surface area (Å²) in [5, 5.41) is 10.7. The first kappa shape index (κ1) is 16.5. The van der Waals surface area contributed by atoms with Crippen LogP contribution < -0.4 is 5.32 Å². The molecule has 23 heavy (non-hydrogen) atoms. The fourth-order valence-electron chi connectivity index (χ4n) is 4.25. The molecule has 1 spiro atoms. The Hall–Kier alpha value is -1.33. The second-order valence-electron chi connectivity index (χ2n) is 7.00. The van der Waals surface area contributed by atoms with Crippen LogP contribution in [-0.2, 0) is 13.0 Å². The number of nitrogens with one attached hydrogen (secondary N) is 2. The SMILES string of the molecule is Cl.O=C(c1n[nH]c2c1CNCC2)N1CCCC2(CC=CCC2)C1. The third-order valence-electron chi connectivity index (χ3n) is 5.52. The zero-order valence-corrected chi connectivity index (χ0v) is 14.3. The van der Waals surface area contributed by atoms with Crippen LogP contribution in [0.2, 0.25) is 0 Å². The molecular formula is C17H25ClN4O. The van der Waals surface area contributed by atoms with Crippen LogP contribution in [0.15, 0.2) is 12.2 Å². The molecule has 2 N–H and O–H groups in total. The Morgan fingerprint density at radius 1 is 1.30 bits per heavy atom. The number of hydrogen-bond donors (Lipinski definition) is 2. The van der Waals surface area contributed by atoms with Gasteiger partial charge in [-0.15, -0.1) is 12.4 Å². The zero-order chi connectivity index (χ0) is 15.0. The van der Waals surface area contributed by atoms with Gasteiger partial charge in [-0.3, -0.25) is 9.89 Å². The summed E-state index contributed by atoms with van der Waals surface area (Å²) in [4.78, 5) is 15.0. The summed E-state index contributed by atoms with van der Waals surface area (Å²) < 4.78 is 0. The van der Waals surface area contributed by atoms with Gasteiger partial charge in [-0.05, 0) is 37.5 Å². The van der Waals surface area contributed by atoms with Gasteiger partial charge in [0.25, 0.3) is 5.91 Å². The highest BCUT2D eigenvalue weighted by Gasteiger charge is 2.38. The average Bonchev–Trinajstić information content (AvgIpc) is 2.99. The summed E-state index contributed by atoms with van der Waals surface area (Å²) in [5.74, 6) is 0.120. The number of likely N-dealkylation sites (tertiary alicyclic amines) is 1. The molecule has 5 nitrogen and oxygen atoms in total. The molecule has 3 aliphatic rings. The lowest BCUT2D eigenvalue weighted by Crippen LogP contribution is -2.46. The summed E-state index contributed by atoms with van der Waals surface area (Å²) >= 11 is 0. The minimum absolute atomic E-state index is 0. The molecule has 3 heterocycles. The van der Waals surface area contributed by atoms with Crippen LogP contribution in [0.4, 0.5) is 0 Å². The normalized spacial score (nSPS) is 26.7. The van der Waals surface area contributed by atoms with Crippen LogP contribution >= 0.6 is 12.4 Å². The molecule has 1 aromatic rings. The second kappa shape index (κ2) is 6.65. The molecule has 1 fully saturated rings. The van der Waals surface area contributed by atoms with Crippen LogP contribution in [-0.4, -0.2) is 40.6 Å². The Morgan fingerprint density at radius 2 is 2.22 bits per heavy atom. The van der Waals surface area contributed by atoms with Crippen molar-refractivity contribution >= 4 is 18.3 Å². The van der Waals surface area contributed by atoms with Gasteiger partial charge in [-0.25, -0.2) is 0 Å². The van der Waals surface area contributed by atoms with E-state index in [-0.39, 0.29) is 18.3 Å². The molecule has 126 valence electrons. The summed E-state index contributed by atoms with van der Waals surface area (Å²) in [5.41, 5.74) is 3.18. The van der Waals surface area contributed by atoms with Crippen molar-refractivity contribution in [1.29, 1.82) is 0 Å². The molecule has 0 radical (unpaired) electrons. The van der Waals surface area contributed by atoms with Crippen molar-refractivity contribution in [3.8, 4) is 0 Å². The van der Waals surface area contributed by atoms with Gasteiger partial charge in [-0.2, -0.15) is 5.10 Å². The summed E-state index contributed by atoms with van der Waals surface area (Å²) in [7, 11) is 0. The highest BCUT2D eigenvalue weighted by Crippen LogP contribution is 2.41. The van der Waals surface area contributed by atoms with Crippen molar-refractivity contribution in [2.24, 2.45) is 5.41 Å². The minimum Gasteiger partial charge on any atom is -0.337 e. The number of carbonyl (C=O) groups excluding carboxylic acids is 1. The molecule has 0 bridgehead atoms. The van der Waals surface area contributed by atoms with Gasteiger partial charge in [0.2, 0.25) is 0 Å². The molecule has 0 aromatic carbocycles. The number of piperidine rings is 1. The number of aromatic amines is 1. The number of allylic oxidation sites excluding steroid dienone is 2.